The van der Waals surface area contributed by atoms with Crippen LogP contribution < -0.4 is 10.0 Å². The van der Waals surface area contributed by atoms with Gasteiger partial charge in [0.25, 0.3) is 10.0 Å². The number of benzene rings is 1. The molecule has 26 heavy (non-hydrogen) atoms. The van der Waals surface area contributed by atoms with Gasteiger partial charge in [0.2, 0.25) is 5.95 Å². The van der Waals surface area contributed by atoms with Crippen LogP contribution in [0.2, 0.25) is 0 Å². The summed E-state index contributed by atoms with van der Waals surface area (Å²) in [5.74, 6) is 0.233. The van der Waals surface area contributed by atoms with Gasteiger partial charge in [0.1, 0.15) is 10.7 Å². The third-order valence-electron chi connectivity index (χ3n) is 3.77. The number of rotatable bonds is 5. The molecule has 138 valence electrons. The van der Waals surface area contributed by atoms with E-state index in [1.807, 2.05) is 4.72 Å². The first-order valence-corrected chi connectivity index (χ1v) is 9.22. The minimum atomic E-state index is -4.30. The van der Waals surface area contributed by atoms with Crippen LogP contribution in [0, 0.1) is 0 Å². The van der Waals surface area contributed by atoms with Gasteiger partial charge in [-0.1, -0.05) is 12.1 Å². The van der Waals surface area contributed by atoms with Gasteiger partial charge in [-0.05, 0) is 25.0 Å². The lowest BCUT2D eigenvalue weighted by molar-refractivity contribution is 0.0596. The van der Waals surface area contributed by atoms with E-state index in [0.29, 0.717) is 5.92 Å². The number of hydrogen-bond donors (Lipinski definition) is 2. The lowest BCUT2D eigenvalue weighted by Crippen LogP contribution is -2.35. The van der Waals surface area contributed by atoms with Gasteiger partial charge in [-0.3, -0.25) is 10.00 Å². The number of aromatic nitrogens is 3. The quantitative estimate of drug-likeness (QED) is 0.740. The number of esters is 1. The molecule has 1 aromatic carbocycles. The first-order chi connectivity index (χ1) is 12.3. The molecule has 0 unspecified atom stereocenters. The van der Waals surface area contributed by atoms with Crippen LogP contribution in [0.4, 0.5) is 10.7 Å². The number of aryl methyl sites for hydroxylation is 1. The third-order valence-corrected chi connectivity index (χ3v) is 5.16. The molecule has 0 aliphatic heterocycles. The predicted molar refractivity (Wildman–Crippen MR) is 90.1 cm³/mol. The van der Waals surface area contributed by atoms with E-state index in [2.05, 4.69) is 20.1 Å². The number of anilines is 1. The van der Waals surface area contributed by atoms with Crippen molar-refractivity contribution in [2.24, 2.45) is 7.05 Å². The van der Waals surface area contributed by atoms with Crippen molar-refractivity contribution >= 4 is 28.0 Å². The van der Waals surface area contributed by atoms with E-state index in [4.69, 9.17) is 0 Å². The summed E-state index contributed by atoms with van der Waals surface area (Å²) in [4.78, 5) is 27.6. The zero-order valence-corrected chi connectivity index (χ0v) is 14.9. The number of hydrogen-bond acceptors (Lipinski definition) is 7. The number of nitrogens with zero attached hydrogens (tertiary/aromatic N) is 3. The van der Waals surface area contributed by atoms with E-state index in [-0.39, 0.29) is 16.4 Å². The van der Waals surface area contributed by atoms with Crippen LogP contribution in [0.25, 0.3) is 0 Å². The maximum Gasteiger partial charge on any atom is 0.339 e. The summed E-state index contributed by atoms with van der Waals surface area (Å²) in [5, 5.41) is 6.32. The number of sulfonamides is 1. The van der Waals surface area contributed by atoms with E-state index in [1.54, 1.807) is 11.7 Å². The van der Waals surface area contributed by atoms with Crippen LogP contribution in [-0.2, 0) is 21.8 Å². The highest BCUT2D eigenvalue weighted by atomic mass is 32.2. The fraction of sp³-hybridized carbons (Fsp3) is 0.333. The SMILES string of the molecule is COC(=O)c1ccccc1S(=O)(=O)NC(=O)Nc1nc(C2CC2)n(C)n1. The van der Waals surface area contributed by atoms with Gasteiger partial charge in [-0.15, -0.1) is 5.10 Å². The van der Waals surface area contributed by atoms with Gasteiger partial charge < -0.3 is 4.74 Å². The number of nitrogens with one attached hydrogen (secondary N) is 2. The zero-order valence-electron chi connectivity index (χ0n) is 14.1. The number of methoxy groups -OCH3 is 1. The summed E-state index contributed by atoms with van der Waals surface area (Å²) < 4.78 is 32.8. The van der Waals surface area contributed by atoms with Gasteiger partial charge in [0.05, 0.1) is 12.7 Å². The minimum absolute atomic E-state index is 0.00310. The molecule has 0 bridgehead atoms. The summed E-state index contributed by atoms with van der Waals surface area (Å²) in [6.45, 7) is 0. The highest BCUT2D eigenvalue weighted by molar-refractivity contribution is 7.90. The largest absolute Gasteiger partial charge is 0.465 e. The Hall–Kier alpha value is -2.95. The molecule has 0 saturated heterocycles. The van der Waals surface area contributed by atoms with Crippen molar-refractivity contribution < 1.29 is 22.7 Å². The molecular formula is C15H17N5O5S. The van der Waals surface area contributed by atoms with Gasteiger partial charge in [-0.2, -0.15) is 4.98 Å². The monoisotopic (exact) mass is 379 g/mol. The molecule has 2 aromatic rings. The van der Waals surface area contributed by atoms with Crippen LogP contribution in [0.1, 0.15) is 34.9 Å². The smallest absolute Gasteiger partial charge is 0.339 e. The molecule has 2 N–H and O–H groups in total. The fourth-order valence-electron chi connectivity index (χ4n) is 2.43. The summed E-state index contributed by atoms with van der Waals surface area (Å²) in [5.41, 5.74) is -0.178. The van der Waals surface area contributed by atoms with Crippen molar-refractivity contribution in [1.29, 1.82) is 0 Å². The average molecular weight is 379 g/mol. The van der Waals surface area contributed by atoms with Crippen LogP contribution in [-0.4, -0.2) is 42.3 Å². The second-order valence-corrected chi connectivity index (χ2v) is 7.39. The number of urea groups is 1. The maximum absolute atomic E-state index is 12.4. The maximum atomic E-state index is 12.4. The Morgan fingerprint density at radius 3 is 2.62 bits per heavy atom. The Morgan fingerprint density at radius 1 is 1.27 bits per heavy atom. The lowest BCUT2D eigenvalue weighted by Gasteiger charge is -2.10. The molecule has 0 spiro atoms. The molecule has 10 nitrogen and oxygen atoms in total. The van der Waals surface area contributed by atoms with Crippen molar-refractivity contribution in [2.75, 3.05) is 12.4 Å². The standard InChI is InChI=1S/C15H17N5O5S/c1-20-12(9-7-8-9)16-14(18-20)17-15(22)19-26(23,24)11-6-4-3-5-10(11)13(21)25-2/h3-6,9H,7-8H2,1-2H3,(H2,17,18,19,22). The molecule has 11 heteroatoms. The minimum Gasteiger partial charge on any atom is -0.465 e. The summed E-state index contributed by atoms with van der Waals surface area (Å²) in [6, 6.07) is 4.38. The van der Waals surface area contributed by atoms with Gasteiger partial charge in [-0.25, -0.2) is 22.7 Å². The van der Waals surface area contributed by atoms with Crippen LogP contribution in [0.3, 0.4) is 0 Å². The molecule has 2 amide bonds. The molecular weight excluding hydrogens is 362 g/mol. The molecule has 1 aromatic heterocycles. The van der Waals surface area contributed by atoms with Crippen molar-refractivity contribution in [3.05, 3.63) is 35.7 Å². The molecule has 1 fully saturated rings. The van der Waals surface area contributed by atoms with Crippen LogP contribution in [0.15, 0.2) is 29.2 Å². The van der Waals surface area contributed by atoms with Gasteiger partial charge >= 0.3 is 12.0 Å². The Bertz CT molecular complexity index is 965. The first kappa shape index (κ1) is 17.9. The predicted octanol–water partition coefficient (Wildman–Crippen LogP) is 0.989. The molecule has 1 heterocycles. The number of carbonyl (C=O) groups excluding carboxylic acids is 2. The number of carbonyl (C=O) groups is 2. The highest BCUT2D eigenvalue weighted by Crippen LogP contribution is 2.38. The Morgan fingerprint density at radius 2 is 1.96 bits per heavy atom. The topological polar surface area (TPSA) is 132 Å². The highest BCUT2D eigenvalue weighted by Gasteiger charge is 2.30. The summed E-state index contributed by atoms with van der Waals surface area (Å²) in [7, 11) is -1.46. The second-order valence-electron chi connectivity index (χ2n) is 5.74. The Kier molecular flexibility index (Phi) is 4.64. The van der Waals surface area contributed by atoms with E-state index >= 15 is 0 Å². The van der Waals surface area contributed by atoms with E-state index < -0.39 is 22.0 Å². The normalized spacial score (nSPS) is 13.9. The van der Waals surface area contributed by atoms with Crippen molar-refractivity contribution in [1.82, 2.24) is 19.5 Å². The summed E-state index contributed by atoms with van der Waals surface area (Å²) >= 11 is 0. The van der Waals surface area contributed by atoms with E-state index in [1.165, 1.54) is 24.3 Å². The van der Waals surface area contributed by atoms with Crippen LogP contribution in [0.5, 0.6) is 0 Å². The van der Waals surface area contributed by atoms with E-state index in [0.717, 1.165) is 25.8 Å². The lowest BCUT2D eigenvalue weighted by atomic mass is 10.2. The van der Waals surface area contributed by atoms with Crippen LogP contribution >= 0.6 is 0 Å². The summed E-state index contributed by atoms with van der Waals surface area (Å²) in [6.07, 6.45) is 2.02. The zero-order chi connectivity index (χ0) is 18.9. The molecule has 0 atom stereocenters. The third kappa shape index (κ3) is 3.67. The molecule has 1 aliphatic carbocycles. The van der Waals surface area contributed by atoms with Crippen molar-refractivity contribution in [3.63, 3.8) is 0 Å². The Balaban J connectivity index is 1.76. The van der Waals surface area contributed by atoms with Crippen molar-refractivity contribution in [3.8, 4) is 0 Å². The van der Waals surface area contributed by atoms with Crippen molar-refractivity contribution in [2.45, 2.75) is 23.7 Å². The Labute approximate surface area is 149 Å². The van der Waals surface area contributed by atoms with E-state index in [9.17, 15) is 18.0 Å². The average Bonchev–Trinajstić information content (AvgIpc) is 3.37. The van der Waals surface area contributed by atoms with Gasteiger partial charge in [0, 0.05) is 13.0 Å². The second kappa shape index (κ2) is 6.75. The molecule has 1 aliphatic rings. The number of amides is 2. The first-order valence-electron chi connectivity index (χ1n) is 7.74. The molecule has 0 radical (unpaired) electrons. The number of ether oxygens (including phenoxy) is 1. The molecule has 3 rings (SSSR count). The molecule has 1 saturated carbocycles. The fourth-order valence-corrected chi connectivity index (χ4v) is 3.53. The van der Waals surface area contributed by atoms with Gasteiger partial charge in [0.15, 0.2) is 0 Å².